The van der Waals surface area contributed by atoms with Gasteiger partial charge in [0, 0.05) is 46.0 Å². The zero-order valence-electron chi connectivity index (χ0n) is 18.9. The van der Waals surface area contributed by atoms with Crippen LogP contribution in [0.3, 0.4) is 0 Å². The number of benzene rings is 3. The van der Waals surface area contributed by atoms with Crippen molar-refractivity contribution in [3.05, 3.63) is 86.9 Å². The molecule has 3 aromatic carbocycles. The van der Waals surface area contributed by atoms with E-state index in [4.69, 9.17) is 34.8 Å². The van der Waals surface area contributed by atoms with Crippen LogP contribution in [0, 0.1) is 0 Å². The van der Waals surface area contributed by atoms with Crippen molar-refractivity contribution in [2.45, 2.75) is 0 Å². The highest BCUT2D eigenvalue weighted by atomic mass is 35.5. The number of halogens is 3. The standard InChI is InChI=1S/C26H24Cl3N3O2/c1-30(2)25(33)20-11-8-18(16-23(20)29)17-6-9-19(10-7-17)31-12-14-32(15-13-31)26(34)24-21(27)4-3-5-22(24)28/h3-11,16H,12-15H2,1-2H3. The molecular weight excluding hydrogens is 493 g/mol. The van der Waals surface area contributed by atoms with Crippen LogP contribution in [0.1, 0.15) is 20.7 Å². The van der Waals surface area contributed by atoms with Crippen molar-refractivity contribution in [2.75, 3.05) is 45.2 Å². The van der Waals surface area contributed by atoms with Crippen LogP contribution in [0.5, 0.6) is 0 Å². The van der Waals surface area contributed by atoms with Crippen LogP contribution in [0.25, 0.3) is 11.1 Å². The predicted octanol–water partition coefficient (Wildman–Crippen LogP) is 5.98. The SMILES string of the molecule is CN(C)C(=O)c1ccc(-c2ccc(N3CCN(C(=O)c4c(Cl)cccc4Cl)CC3)cc2)cc1Cl. The second kappa shape index (κ2) is 10.3. The van der Waals surface area contributed by atoms with Crippen molar-refractivity contribution in [3.8, 4) is 11.1 Å². The first-order chi connectivity index (χ1) is 16.3. The Hall–Kier alpha value is -2.73. The summed E-state index contributed by atoms with van der Waals surface area (Å²) in [5, 5.41) is 1.17. The van der Waals surface area contributed by atoms with Crippen molar-refractivity contribution in [1.82, 2.24) is 9.80 Å². The second-order valence-corrected chi connectivity index (χ2v) is 9.54. The van der Waals surface area contributed by atoms with Crippen molar-refractivity contribution in [1.29, 1.82) is 0 Å². The van der Waals surface area contributed by atoms with Crippen LogP contribution < -0.4 is 4.90 Å². The lowest BCUT2D eigenvalue weighted by Crippen LogP contribution is -2.48. The zero-order valence-corrected chi connectivity index (χ0v) is 21.2. The Labute approximate surface area is 214 Å². The van der Waals surface area contributed by atoms with E-state index in [0.717, 1.165) is 16.8 Å². The minimum atomic E-state index is -0.140. The number of rotatable bonds is 4. The van der Waals surface area contributed by atoms with Gasteiger partial charge >= 0.3 is 0 Å². The molecular formula is C26H24Cl3N3O2. The zero-order chi connectivity index (χ0) is 24.4. The first-order valence-electron chi connectivity index (χ1n) is 10.9. The highest BCUT2D eigenvalue weighted by Crippen LogP contribution is 2.29. The molecule has 0 N–H and O–H groups in total. The van der Waals surface area contributed by atoms with Crippen molar-refractivity contribution < 1.29 is 9.59 Å². The summed E-state index contributed by atoms with van der Waals surface area (Å²) in [5.74, 6) is -0.264. The molecule has 34 heavy (non-hydrogen) atoms. The smallest absolute Gasteiger partial charge is 0.257 e. The molecule has 0 aliphatic carbocycles. The van der Waals surface area contributed by atoms with Gasteiger partial charge in [-0.25, -0.2) is 0 Å². The van der Waals surface area contributed by atoms with E-state index in [9.17, 15) is 9.59 Å². The van der Waals surface area contributed by atoms with Gasteiger partial charge in [0.1, 0.15) is 0 Å². The Bertz CT molecular complexity index is 1200. The fourth-order valence-electron chi connectivity index (χ4n) is 4.00. The minimum Gasteiger partial charge on any atom is -0.368 e. The van der Waals surface area contributed by atoms with Gasteiger partial charge in [-0.15, -0.1) is 0 Å². The Morgan fingerprint density at radius 3 is 1.91 bits per heavy atom. The normalized spacial score (nSPS) is 13.7. The first-order valence-corrected chi connectivity index (χ1v) is 12.0. The Kier molecular flexibility index (Phi) is 7.36. The third-order valence-electron chi connectivity index (χ3n) is 5.91. The van der Waals surface area contributed by atoms with Crippen molar-refractivity contribution in [2.24, 2.45) is 0 Å². The van der Waals surface area contributed by atoms with Crippen LogP contribution in [0.2, 0.25) is 15.1 Å². The van der Waals surface area contributed by atoms with Gasteiger partial charge in [0.2, 0.25) is 0 Å². The molecule has 1 aliphatic rings. The number of anilines is 1. The fraction of sp³-hybridized carbons (Fsp3) is 0.231. The van der Waals surface area contributed by atoms with E-state index in [2.05, 4.69) is 17.0 Å². The first kappa shape index (κ1) is 24.4. The van der Waals surface area contributed by atoms with Gasteiger partial charge in [0.05, 0.1) is 26.2 Å². The van der Waals surface area contributed by atoms with Crippen LogP contribution in [-0.2, 0) is 0 Å². The van der Waals surface area contributed by atoms with E-state index >= 15 is 0 Å². The monoisotopic (exact) mass is 515 g/mol. The fourth-order valence-corrected chi connectivity index (χ4v) is 4.82. The molecule has 2 amide bonds. The highest BCUT2D eigenvalue weighted by Gasteiger charge is 2.25. The average molecular weight is 517 g/mol. The molecule has 0 unspecified atom stereocenters. The van der Waals surface area contributed by atoms with E-state index in [1.807, 2.05) is 24.3 Å². The molecule has 176 valence electrons. The molecule has 0 bridgehead atoms. The molecule has 0 radical (unpaired) electrons. The average Bonchev–Trinajstić information content (AvgIpc) is 2.83. The summed E-state index contributed by atoms with van der Waals surface area (Å²) in [5.41, 5.74) is 3.88. The second-order valence-electron chi connectivity index (χ2n) is 8.32. The number of hydrogen-bond acceptors (Lipinski definition) is 3. The Balaban J connectivity index is 1.42. The summed E-state index contributed by atoms with van der Waals surface area (Å²) in [4.78, 5) is 30.7. The summed E-state index contributed by atoms with van der Waals surface area (Å²) in [7, 11) is 3.40. The molecule has 0 spiro atoms. The molecule has 0 saturated carbocycles. The highest BCUT2D eigenvalue weighted by molar-refractivity contribution is 6.39. The van der Waals surface area contributed by atoms with Crippen LogP contribution >= 0.6 is 34.8 Å². The lowest BCUT2D eigenvalue weighted by atomic mass is 10.0. The number of carbonyl (C=O) groups excluding carboxylic acids is 2. The molecule has 8 heteroatoms. The third-order valence-corrected chi connectivity index (χ3v) is 6.86. The molecule has 0 aromatic heterocycles. The van der Waals surface area contributed by atoms with Crippen molar-refractivity contribution >= 4 is 52.3 Å². The van der Waals surface area contributed by atoms with Crippen LogP contribution in [0.15, 0.2) is 60.7 Å². The number of nitrogens with zero attached hydrogens (tertiary/aromatic N) is 3. The maximum Gasteiger partial charge on any atom is 0.257 e. The Morgan fingerprint density at radius 2 is 1.35 bits per heavy atom. The van der Waals surface area contributed by atoms with E-state index in [0.29, 0.717) is 52.4 Å². The van der Waals surface area contributed by atoms with Crippen LogP contribution in [-0.4, -0.2) is 61.9 Å². The summed E-state index contributed by atoms with van der Waals surface area (Å²) < 4.78 is 0. The van der Waals surface area contributed by atoms with E-state index in [-0.39, 0.29) is 11.8 Å². The molecule has 1 saturated heterocycles. The predicted molar refractivity (Wildman–Crippen MR) is 139 cm³/mol. The molecule has 5 nitrogen and oxygen atoms in total. The third kappa shape index (κ3) is 5.02. The van der Waals surface area contributed by atoms with E-state index in [1.165, 1.54) is 4.90 Å². The van der Waals surface area contributed by atoms with Gasteiger partial charge in [-0.1, -0.05) is 59.1 Å². The van der Waals surface area contributed by atoms with Gasteiger partial charge in [0.15, 0.2) is 0 Å². The lowest BCUT2D eigenvalue weighted by Gasteiger charge is -2.36. The molecule has 1 heterocycles. The Morgan fingerprint density at radius 1 is 0.765 bits per heavy atom. The number of hydrogen-bond donors (Lipinski definition) is 0. The summed E-state index contributed by atoms with van der Waals surface area (Å²) in [6, 6.07) is 18.8. The molecule has 1 fully saturated rings. The van der Waals surface area contributed by atoms with Gasteiger partial charge in [-0.05, 0) is 47.5 Å². The van der Waals surface area contributed by atoms with Gasteiger partial charge in [-0.2, -0.15) is 0 Å². The quantitative estimate of drug-likeness (QED) is 0.429. The van der Waals surface area contributed by atoms with Crippen LogP contribution in [0.4, 0.5) is 5.69 Å². The van der Waals surface area contributed by atoms with Gasteiger partial charge < -0.3 is 14.7 Å². The molecule has 3 aromatic rings. The minimum absolute atomic E-state index is 0.124. The van der Waals surface area contributed by atoms with Crippen molar-refractivity contribution in [3.63, 3.8) is 0 Å². The summed E-state index contributed by atoms with van der Waals surface area (Å²) in [6.45, 7) is 2.58. The van der Waals surface area contributed by atoms with Gasteiger partial charge in [-0.3, -0.25) is 9.59 Å². The topological polar surface area (TPSA) is 43.9 Å². The summed E-state index contributed by atoms with van der Waals surface area (Å²) in [6.07, 6.45) is 0. The number of piperazine rings is 1. The van der Waals surface area contributed by atoms with Gasteiger partial charge in [0.25, 0.3) is 11.8 Å². The lowest BCUT2D eigenvalue weighted by molar-refractivity contribution is 0.0746. The number of amides is 2. The maximum atomic E-state index is 12.9. The molecule has 0 atom stereocenters. The summed E-state index contributed by atoms with van der Waals surface area (Å²) >= 11 is 18.8. The number of carbonyl (C=O) groups is 2. The van der Waals surface area contributed by atoms with E-state index < -0.39 is 0 Å². The van der Waals surface area contributed by atoms with E-state index in [1.54, 1.807) is 43.3 Å². The molecule has 1 aliphatic heterocycles. The molecule has 4 rings (SSSR count). The maximum absolute atomic E-state index is 12.9. The largest absolute Gasteiger partial charge is 0.368 e.